The molecule has 0 radical (unpaired) electrons. The summed E-state index contributed by atoms with van der Waals surface area (Å²) in [4.78, 5) is 12.0. The Kier molecular flexibility index (Phi) is 4.15. The largest absolute Gasteiger partial charge is 0.454 e. The predicted octanol–water partition coefficient (Wildman–Crippen LogP) is 4.04. The highest BCUT2D eigenvalue weighted by Gasteiger charge is 2.33. The van der Waals surface area contributed by atoms with Gasteiger partial charge in [-0.05, 0) is 51.8 Å². The molecule has 0 N–H and O–H groups in total. The van der Waals surface area contributed by atoms with E-state index in [2.05, 4.69) is 0 Å². The Balaban J connectivity index is 2.99. The molecule has 1 aromatic rings. The van der Waals surface area contributed by atoms with Gasteiger partial charge in [-0.15, -0.1) is 0 Å². The van der Waals surface area contributed by atoms with Crippen molar-refractivity contribution in [2.75, 3.05) is 0 Å². The van der Waals surface area contributed by atoms with Gasteiger partial charge >= 0.3 is 5.97 Å². The highest BCUT2D eigenvalue weighted by Crippen LogP contribution is 2.32. The maximum absolute atomic E-state index is 12.9. The van der Waals surface area contributed by atoms with Crippen LogP contribution in [0.3, 0.4) is 0 Å². The fraction of sp³-hybridized carbons (Fsp3) is 0.533. The van der Waals surface area contributed by atoms with Crippen molar-refractivity contribution >= 4 is 5.97 Å². The van der Waals surface area contributed by atoms with Gasteiger partial charge in [-0.3, -0.25) is 4.79 Å². The number of carbonyl (C=O) groups is 1. The second kappa shape index (κ2) is 5.09. The number of hydrogen-bond acceptors (Lipinski definition) is 2. The molecule has 3 heteroatoms. The van der Waals surface area contributed by atoms with Crippen LogP contribution in [0, 0.1) is 11.2 Å². The molecule has 0 aromatic heterocycles. The van der Waals surface area contributed by atoms with E-state index < -0.39 is 11.0 Å². The lowest BCUT2D eigenvalue weighted by Gasteiger charge is -2.32. The van der Waals surface area contributed by atoms with E-state index in [-0.39, 0.29) is 11.8 Å². The van der Waals surface area contributed by atoms with Crippen LogP contribution in [0.25, 0.3) is 0 Å². The third-order valence-corrected chi connectivity index (χ3v) is 3.06. The van der Waals surface area contributed by atoms with Gasteiger partial charge in [0.25, 0.3) is 0 Å². The number of rotatable bonds is 3. The molecular formula is C15H21FO2. The summed E-state index contributed by atoms with van der Waals surface area (Å²) in [6.07, 6.45) is 0.639. The molecule has 0 aliphatic carbocycles. The van der Waals surface area contributed by atoms with Crippen molar-refractivity contribution in [3.63, 3.8) is 0 Å². The van der Waals surface area contributed by atoms with Gasteiger partial charge in [0.1, 0.15) is 11.4 Å². The Hall–Kier alpha value is -1.38. The number of ether oxygens (including phenoxy) is 1. The van der Waals surface area contributed by atoms with Gasteiger partial charge < -0.3 is 4.74 Å². The van der Waals surface area contributed by atoms with Crippen molar-refractivity contribution in [2.45, 2.75) is 46.6 Å². The van der Waals surface area contributed by atoms with Crippen LogP contribution in [0.2, 0.25) is 0 Å². The summed E-state index contributed by atoms with van der Waals surface area (Å²) in [5.41, 5.74) is -0.446. The van der Waals surface area contributed by atoms with Crippen LogP contribution in [0.5, 0.6) is 0 Å². The summed E-state index contributed by atoms with van der Waals surface area (Å²) in [5, 5.41) is 0. The summed E-state index contributed by atoms with van der Waals surface area (Å²) in [6.45, 7) is 9.24. The van der Waals surface area contributed by atoms with Crippen LogP contribution in [-0.2, 0) is 15.1 Å². The average molecular weight is 252 g/mol. The smallest absolute Gasteiger partial charge is 0.312 e. The predicted molar refractivity (Wildman–Crippen MR) is 69.6 cm³/mol. The average Bonchev–Trinajstić information content (AvgIpc) is 2.28. The Morgan fingerprint density at radius 2 is 1.67 bits per heavy atom. The molecule has 0 heterocycles. The standard InChI is InChI=1S/C15H21FO2/c1-6-15(5,18-13(17)14(2,3)4)11-7-9-12(16)10-8-11/h7-10H,6H2,1-5H3. The van der Waals surface area contributed by atoms with Crippen LogP contribution in [0.15, 0.2) is 24.3 Å². The molecular weight excluding hydrogens is 231 g/mol. The summed E-state index contributed by atoms with van der Waals surface area (Å²) in [5.74, 6) is -0.546. The molecule has 0 bridgehead atoms. The molecule has 100 valence electrons. The van der Waals surface area contributed by atoms with Crippen molar-refractivity contribution in [1.29, 1.82) is 0 Å². The zero-order chi connectivity index (χ0) is 14.0. The third-order valence-electron chi connectivity index (χ3n) is 3.06. The first-order valence-corrected chi connectivity index (χ1v) is 6.18. The van der Waals surface area contributed by atoms with Gasteiger partial charge in [0.05, 0.1) is 5.41 Å². The Labute approximate surface area is 108 Å². The van der Waals surface area contributed by atoms with E-state index >= 15 is 0 Å². The Morgan fingerprint density at radius 3 is 2.06 bits per heavy atom. The van der Waals surface area contributed by atoms with Crippen molar-refractivity contribution in [3.05, 3.63) is 35.6 Å². The van der Waals surface area contributed by atoms with E-state index in [0.29, 0.717) is 6.42 Å². The molecule has 0 aliphatic rings. The molecule has 0 saturated carbocycles. The topological polar surface area (TPSA) is 26.3 Å². The normalized spacial score (nSPS) is 15.0. The fourth-order valence-electron chi connectivity index (χ4n) is 1.50. The van der Waals surface area contributed by atoms with Crippen molar-refractivity contribution in [3.8, 4) is 0 Å². The zero-order valence-electron chi connectivity index (χ0n) is 11.7. The second-order valence-corrected chi connectivity index (χ2v) is 5.73. The van der Waals surface area contributed by atoms with E-state index in [0.717, 1.165) is 5.56 Å². The number of carbonyl (C=O) groups excluding carboxylic acids is 1. The molecule has 1 unspecified atom stereocenters. The minimum atomic E-state index is -0.710. The lowest BCUT2D eigenvalue weighted by atomic mass is 9.91. The monoisotopic (exact) mass is 252 g/mol. The quantitative estimate of drug-likeness (QED) is 0.759. The number of halogens is 1. The van der Waals surface area contributed by atoms with Crippen LogP contribution in [-0.4, -0.2) is 5.97 Å². The lowest BCUT2D eigenvalue weighted by Crippen LogP contribution is -2.34. The van der Waals surface area contributed by atoms with Gasteiger partial charge in [0, 0.05) is 0 Å². The maximum Gasteiger partial charge on any atom is 0.312 e. The molecule has 1 atom stereocenters. The van der Waals surface area contributed by atoms with E-state index in [9.17, 15) is 9.18 Å². The fourth-order valence-corrected chi connectivity index (χ4v) is 1.50. The van der Waals surface area contributed by atoms with Gasteiger partial charge in [0.15, 0.2) is 0 Å². The van der Waals surface area contributed by atoms with Gasteiger partial charge in [-0.2, -0.15) is 0 Å². The second-order valence-electron chi connectivity index (χ2n) is 5.73. The van der Waals surface area contributed by atoms with Crippen molar-refractivity contribution in [1.82, 2.24) is 0 Å². The van der Waals surface area contributed by atoms with E-state index in [4.69, 9.17) is 4.74 Å². The van der Waals surface area contributed by atoms with Crippen molar-refractivity contribution in [2.24, 2.45) is 5.41 Å². The number of benzene rings is 1. The molecule has 1 rings (SSSR count). The number of hydrogen-bond donors (Lipinski definition) is 0. The molecule has 2 nitrogen and oxygen atoms in total. The van der Waals surface area contributed by atoms with Crippen LogP contribution in [0.1, 0.15) is 46.6 Å². The summed E-state index contributed by atoms with van der Waals surface area (Å²) in [7, 11) is 0. The van der Waals surface area contributed by atoms with E-state index in [1.54, 1.807) is 12.1 Å². The van der Waals surface area contributed by atoms with Gasteiger partial charge in [0.2, 0.25) is 0 Å². The Bertz CT molecular complexity index is 417. The first-order chi connectivity index (χ1) is 8.19. The van der Waals surface area contributed by atoms with Crippen LogP contribution >= 0.6 is 0 Å². The molecule has 18 heavy (non-hydrogen) atoms. The summed E-state index contributed by atoms with van der Waals surface area (Å²) < 4.78 is 18.5. The molecule has 0 spiro atoms. The summed E-state index contributed by atoms with van der Waals surface area (Å²) >= 11 is 0. The molecule has 0 saturated heterocycles. The molecule has 0 aliphatic heterocycles. The molecule has 0 fully saturated rings. The highest BCUT2D eigenvalue weighted by atomic mass is 19.1. The first kappa shape index (κ1) is 14.7. The minimum Gasteiger partial charge on any atom is -0.454 e. The Morgan fingerprint density at radius 1 is 1.17 bits per heavy atom. The first-order valence-electron chi connectivity index (χ1n) is 6.18. The van der Waals surface area contributed by atoms with Gasteiger partial charge in [-0.25, -0.2) is 4.39 Å². The van der Waals surface area contributed by atoms with Gasteiger partial charge in [-0.1, -0.05) is 19.1 Å². The number of esters is 1. The van der Waals surface area contributed by atoms with Crippen LogP contribution in [0.4, 0.5) is 4.39 Å². The highest BCUT2D eigenvalue weighted by molar-refractivity contribution is 5.76. The molecule has 1 aromatic carbocycles. The third kappa shape index (κ3) is 3.31. The van der Waals surface area contributed by atoms with Crippen molar-refractivity contribution < 1.29 is 13.9 Å². The van der Waals surface area contributed by atoms with Crippen LogP contribution < -0.4 is 0 Å². The van der Waals surface area contributed by atoms with E-state index in [1.165, 1.54) is 12.1 Å². The maximum atomic E-state index is 12.9. The lowest BCUT2D eigenvalue weighted by molar-refractivity contribution is -0.169. The SMILES string of the molecule is CCC(C)(OC(=O)C(C)(C)C)c1ccc(F)cc1. The zero-order valence-corrected chi connectivity index (χ0v) is 11.7. The molecule has 0 amide bonds. The van der Waals surface area contributed by atoms with E-state index in [1.807, 2.05) is 34.6 Å². The minimum absolute atomic E-state index is 0.254. The summed E-state index contributed by atoms with van der Waals surface area (Å²) in [6, 6.07) is 6.09.